The summed E-state index contributed by atoms with van der Waals surface area (Å²) >= 11 is 0. The Morgan fingerprint density at radius 3 is 2.52 bits per heavy atom. The second kappa shape index (κ2) is 8.87. The molecule has 0 radical (unpaired) electrons. The van der Waals surface area contributed by atoms with Crippen LogP contribution in [0.5, 0.6) is 0 Å². The summed E-state index contributed by atoms with van der Waals surface area (Å²) in [4.78, 5) is 4.65. The Balaban J connectivity index is 0.00000192. The van der Waals surface area contributed by atoms with E-state index >= 15 is 0 Å². The van der Waals surface area contributed by atoms with Gasteiger partial charge in [-0.3, -0.25) is 4.99 Å². The van der Waals surface area contributed by atoms with Crippen LogP contribution in [0.15, 0.2) is 35.3 Å². The molecule has 0 aromatic heterocycles. The maximum Gasteiger partial charge on any atom is 0.188 e. The highest BCUT2D eigenvalue weighted by molar-refractivity contribution is 14.0. The van der Waals surface area contributed by atoms with Crippen molar-refractivity contribution in [2.24, 2.45) is 16.6 Å². The van der Waals surface area contributed by atoms with E-state index in [4.69, 9.17) is 10.5 Å². The molecule has 0 bridgehead atoms. The maximum absolute atomic E-state index is 6.06. The minimum absolute atomic E-state index is 0. The van der Waals surface area contributed by atoms with Crippen LogP contribution in [0.4, 0.5) is 0 Å². The molecule has 1 aromatic rings. The van der Waals surface area contributed by atoms with Crippen molar-refractivity contribution in [1.82, 2.24) is 5.32 Å². The number of nitrogens with one attached hydrogen (secondary N) is 1. The van der Waals surface area contributed by atoms with Crippen molar-refractivity contribution in [3.63, 3.8) is 0 Å². The number of hydrogen-bond acceptors (Lipinski definition) is 2. The minimum atomic E-state index is 0. The van der Waals surface area contributed by atoms with Gasteiger partial charge in [0, 0.05) is 25.2 Å². The highest BCUT2D eigenvalue weighted by Crippen LogP contribution is 2.35. The lowest BCUT2D eigenvalue weighted by Gasteiger charge is -2.36. The van der Waals surface area contributed by atoms with Crippen molar-refractivity contribution in [2.45, 2.75) is 37.5 Å². The van der Waals surface area contributed by atoms with Gasteiger partial charge in [-0.15, -0.1) is 24.0 Å². The zero-order chi connectivity index (χ0) is 15.3. The van der Waals surface area contributed by atoms with Crippen molar-refractivity contribution in [3.8, 4) is 0 Å². The third kappa shape index (κ3) is 4.83. The smallest absolute Gasteiger partial charge is 0.188 e. The molecule has 3 N–H and O–H groups in total. The zero-order valence-electron chi connectivity index (χ0n) is 13.7. The van der Waals surface area contributed by atoms with Gasteiger partial charge in [0.1, 0.15) is 0 Å². The van der Waals surface area contributed by atoms with Crippen molar-refractivity contribution >= 4 is 29.9 Å². The fraction of sp³-hybridized carbons (Fsp3) is 0.611. The number of nitrogens with two attached hydrogens (primary N) is 1. The largest absolute Gasteiger partial charge is 0.381 e. The molecule has 2 aliphatic rings. The van der Waals surface area contributed by atoms with Crippen molar-refractivity contribution < 1.29 is 4.74 Å². The van der Waals surface area contributed by atoms with Gasteiger partial charge in [0.2, 0.25) is 0 Å². The molecule has 0 spiro atoms. The van der Waals surface area contributed by atoms with E-state index in [1.807, 2.05) is 0 Å². The number of halogens is 1. The highest BCUT2D eigenvalue weighted by atomic mass is 127. The predicted octanol–water partition coefficient (Wildman–Crippen LogP) is 3.06. The number of hydrogen-bond donors (Lipinski definition) is 2. The number of guanidine groups is 1. The molecule has 1 heterocycles. The molecule has 0 atom stereocenters. The minimum Gasteiger partial charge on any atom is -0.381 e. The fourth-order valence-corrected chi connectivity index (χ4v) is 3.33. The van der Waals surface area contributed by atoms with E-state index in [2.05, 4.69) is 40.6 Å². The molecule has 5 heteroatoms. The van der Waals surface area contributed by atoms with Gasteiger partial charge in [-0.05, 0) is 37.2 Å². The average molecular weight is 429 g/mol. The van der Waals surface area contributed by atoms with Crippen LogP contribution in [0.25, 0.3) is 0 Å². The molecule has 1 saturated heterocycles. The van der Waals surface area contributed by atoms with E-state index in [9.17, 15) is 0 Å². The summed E-state index contributed by atoms with van der Waals surface area (Å²) < 4.78 is 5.56. The van der Waals surface area contributed by atoms with E-state index in [0.29, 0.717) is 5.96 Å². The summed E-state index contributed by atoms with van der Waals surface area (Å²) in [5, 5.41) is 3.29. The molecule has 23 heavy (non-hydrogen) atoms. The lowest BCUT2D eigenvalue weighted by atomic mass is 9.74. The first-order valence-corrected chi connectivity index (χ1v) is 8.46. The van der Waals surface area contributed by atoms with Crippen LogP contribution in [-0.2, 0) is 10.2 Å². The topological polar surface area (TPSA) is 59.6 Å². The van der Waals surface area contributed by atoms with Gasteiger partial charge < -0.3 is 15.8 Å². The maximum atomic E-state index is 6.06. The molecule has 4 nitrogen and oxygen atoms in total. The number of nitrogens with zero attached hydrogens (tertiary/aromatic N) is 1. The van der Waals surface area contributed by atoms with Crippen LogP contribution in [0.3, 0.4) is 0 Å². The van der Waals surface area contributed by atoms with Crippen molar-refractivity contribution in [2.75, 3.05) is 26.3 Å². The first kappa shape index (κ1) is 18.5. The lowest BCUT2D eigenvalue weighted by Crippen LogP contribution is -2.40. The summed E-state index contributed by atoms with van der Waals surface area (Å²) in [5.74, 6) is 1.38. The molecule has 3 rings (SSSR count). The summed E-state index contributed by atoms with van der Waals surface area (Å²) in [6, 6.07) is 10.7. The number of ether oxygens (including phenoxy) is 1. The Morgan fingerprint density at radius 2 is 1.91 bits per heavy atom. The lowest BCUT2D eigenvalue weighted by molar-refractivity contribution is 0.0531. The number of aliphatic imine (C=N–C) groups is 1. The van der Waals surface area contributed by atoms with Crippen LogP contribution in [0, 0.1) is 5.92 Å². The molecular weight excluding hydrogens is 401 g/mol. The number of rotatable bonds is 5. The van der Waals surface area contributed by atoms with Crippen LogP contribution < -0.4 is 11.1 Å². The molecular formula is C18H28IN3O. The Labute approximate surface area is 156 Å². The average Bonchev–Trinajstić information content (AvgIpc) is 2.53. The third-order valence-electron chi connectivity index (χ3n) is 5.18. The van der Waals surface area contributed by atoms with Crippen molar-refractivity contribution in [3.05, 3.63) is 35.9 Å². The summed E-state index contributed by atoms with van der Waals surface area (Å²) in [6.45, 7) is 3.32. The van der Waals surface area contributed by atoms with Gasteiger partial charge in [-0.25, -0.2) is 0 Å². The Kier molecular flexibility index (Phi) is 7.14. The molecule has 0 amide bonds. The van der Waals surface area contributed by atoms with E-state index in [0.717, 1.165) is 45.1 Å². The van der Waals surface area contributed by atoms with E-state index in [-0.39, 0.29) is 29.4 Å². The standard InChI is InChI=1S/C18H27N3O.HI/c19-17(20-13-15-5-4-6-15)21-14-18(9-11-22-12-10-18)16-7-2-1-3-8-16;/h1-3,7-8,15H,4-6,9-14H2,(H3,19,20,21);1H. The van der Waals surface area contributed by atoms with Crippen LogP contribution in [-0.4, -0.2) is 32.3 Å². The van der Waals surface area contributed by atoms with Crippen LogP contribution in [0.2, 0.25) is 0 Å². The van der Waals surface area contributed by atoms with Gasteiger partial charge in [0.25, 0.3) is 0 Å². The Bertz CT molecular complexity index is 496. The van der Waals surface area contributed by atoms with E-state index in [1.54, 1.807) is 0 Å². The number of benzene rings is 1. The van der Waals surface area contributed by atoms with Gasteiger partial charge in [-0.2, -0.15) is 0 Å². The SMILES string of the molecule is I.NC(=NCC1(c2ccccc2)CCOCC1)NCC1CCC1. The second-order valence-corrected chi connectivity index (χ2v) is 6.64. The molecule has 0 unspecified atom stereocenters. The molecule has 1 aromatic carbocycles. The first-order chi connectivity index (χ1) is 10.8. The quantitative estimate of drug-likeness (QED) is 0.430. The molecule has 128 valence electrons. The normalized spacial score (nSPS) is 21.1. The summed E-state index contributed by atoms with van der Waals surface area (Å²) in [6.07, 6.45) is 6.03. The molecule has 1 aliphatic carbocycles. The van der Waals surface area contributed by atoms with Crippen LogP contribution >= 0.6 is 24.0 Å². The van der Waals surface area contributed by atoms with Crippen molar-refractivity contribution in [1.29, 1.82) is 0 Å². The summed E-state index contributed by atoms with van der Waals surface area (Å²) in [7, 11) is 0. The monoisotopic (exact) mass is 429 g/mol. The third-order valence-corrected chi connectivity index (χ3v) is 5.18. The predicted molar refractivity (Wildman–Crippen MR) is 105 cm³/mol. The van der Waals surface area contributed by atoms with Gasteiger partial charge in [-0.1, -0.05) is 36.8 Å². The second-order valence-electron chi connectivity index (χ2n) is 6.64. The summed E-state index contributed by atoms with van der Waals surface area (Å²) in [5.41, 5.74) is 7.49. The molecule has 1 aliphatic heterocycles. The fourth-order valence-electron chi connectivity index (χ4n) is 3.33. The van der Waals surface area contributed by atoms with Gasteiger partial charge in [0.05, 0.1) is 6.54 Å². The van der Waals surface area contributed by atoms with E-state index in [1.165, 1.54) is 24.8 Å². The first-order valence-electron chi connectivity index (χ1n) is 8.46. The molecule has 1 saturated carbocycles. The Morgan fingerprint density at radius 1 is 1.22 bits per heavy atom. The zero-order valence-corrected chi connectivity index (χ0v) is 16.0. The molecule has 2 fully saturated rings. The van der Waals surface area contributed by atoms with E-state index < -0.39 is 0 Å². The highest BCUT2D eigenvalue weighted by Gasteiger charge is 2.34. The van der Waals surface area contributed by atoms with Gasteiger partial charge >= 0.3 is 0 Å². The van der Waals surface area contributed by atoms with Gasteiger partial charge in [0.15, 0.2) is 5.96 Å². The van der Waals surface area contributed by atoms with Crippen LogP contribution in [0.1, 0.15) is 37.7 Å². The Hall–Kier alpha value is -0.820.